The van der Waals surface area contributed by atoms with Gasteiger partial charge in [0, 0.05) is 6.42 Å². The first-order chi connectivity index (χ1) is 31.2. The topological polar surface area (TPSA) is 69.6 Å². The van der Waals surface area contributed by atoms with Crippen LogP contribution in [-0.2, 0) is 4.79 Å². The van der Waals surface area contributed by atoms with E-state index in [1.807, 2.05) is 6.08 Å². The molecule has 0 aromatic heterocycles. The molecule has 368 valence electrons. The number of hydrogen-bond donors (Lipinski definition) is 3. The predicted octanol–water partition coefficient (Wildman–Crippen LogP) is 18.4. The zero-order valence-electron chi connectivity index (χ0n) is 42.3. The van der Waals surface area contributed by atoms with E-state index in [0.29, 0.717) is 6.42 Å². The molecule has 0 saturated carbocycles. The van der Waals surface area contributed by atoms with Gasteiger partial charge in [-0.3, -0.25) is 4.79 Å². The standard InChI is InChI=1S/C59H109NO3/c1-3-5-7-9-11-13-15-17-19-21-23-24-25-26-27-28-29-30-31-32-33-34-35-36-37-38-40-42-44-46-48-50-52-54-58(62)57(56-61)60-59(63)55-53-51-49-47-45-43-41-39-22-20-18-16-14-12-10-8-6-4-2/h14,16,20,22,37-38,44,46,52,54,57-58,61-62H,3-13,15,17-19,21,23-36,39-43,45,47-51,53,55-56H2,1-2H3,(H,60,63)/b16-14-,22-20-,38-37+,46-44+,54-52+. The number of aliphatic hydroxyl groups is 2. The number of aliphatic hydroxyl groups excluding tert-OH is 2. The zero-order chi connectivity index (χ0) is 45.6. The smallest absolute Gasteiger partial charge is 0.220 e. The van der Waals surface area contributed by atoms with Crippen LogP contribution in [0.1, 0.15) is 290 Å². The van der Waals surface area contributed by atoms with Crippen molar-refractivity contribution in [1.29, 1.82) is 0 Å². The fraction of sp³-hybridized carbons (Fsp3) is 0.814. The van der Waals surface area contributed by atoms with Gasteiger partial charge in [-0.15, -0.1) is 0 Å². The molecule has 0 heterocycles. The Bertz CT molecular complexity index is 1040. The Morgan fingerprint density at radius 1 is 0.381 bits per heavy atom. The van der Waals surface area contributed by atoms with Crippen molar-refractivity contribution in [3.05, 3.63) is 60.8 Å². The summed E-state index contributed by atoms with van der Waals surface area (Å²) in [5.74, 6) is -0.0854. The molecule has 0 aliphatic rings. The molecule has 0 aromatic carbocycles. The Morgan fingerprint density at radius 2 is 0.667 bits per heavy atom. The minimum absolute atomic E-state index is 0.0854. The van der Waals surface area contributed by atoms with Crippen LogP contribution in [0.15, 0.2) is 60.8 Å². The number of carbonyl (C=O) groups excluding carboxylic acids is 1. The number of nitrogens with one attached hydrogen (secondary N) is 1. The summed E-state index contributed by atoms with van der Waals surface area (Å²) >= 11 is 0. The summed E-state index contributed by atoms with van der Waals surface area (Å²) in [7, 11) is 0. The number of amides is 1. The maximum absolute atomic E-state index is 12.4. The molecule has 0 aliphatic carbocycles. The molecule has 0 saturated heterocycles. The van der Waals surface area contributed by atoms with E-state index < -0.39 is 12.1 Å². The molecule has 4 heteroatoms. The highest BCUT2D eigenvalue weighted by molar-refractivity contribution is 5.76. The number of carbonyl (C=O) groups is 1. The number of allylic oxidation sites excluding steroid dienone is 9. The van der Waals surface area contributed by atoms with Crippen molar-refractivity contribution in [2.24, 2.45) is 0 Å². The van der Waals surface area contributed by atoms with Gasteiger partial charge in [-0.25, -0.2) is 0 Å². The van der Waals surface area contributed by atoms with Crippen LogP contribution in [0.5, 0.6) is 0 Å². The van der Waals surface area contributed by atoms with Gasteiger partial charge in [-0.2, -0.15) is 0 Å². The molecule has 2 unspecified atom stereocenters. The molecule has 0 aromatic rings. The lowest BCUT2D eigenvalue weighted by molar-refractivity contribution is -0.123. The van der Waals surface area contributed by atoms with E-state index in [1.165, 1.54) is 218 Å². The molecular formula is C59H109NO3. The zero-order valence-corrected chi connectivity index (χ0v) is 42.3. The number of unbranched alkanes of at least 4 members (excludes halogenated alkanes) is 36. The van der Waals surface area contributed by atoms with Crippen LogP contribution in [0.3, 0.4) is 0 Å². The third-order valence-electron chi connectivity index (χ3n) is 12.7. The lowest BCUT2D eigenvalue weighted by Crippen LogP contribution is -2.45. The quantitative estimate of drug-likeness (QED) is 0.0421. The van der Waals surface area contributed by atoms with Crippen LogP contribution in [-0.4, -0.2) is 34.9 Å². The van der Waals surface area contributed by atoms with Crippen LogP contribution in [0.2, 0.25) is 0 Å². The molecule has 0 spiro atoms. The van der Waals surface area contributed by atoms with E-state index in [0.717, 1.165) is 51.4 Å². The summed E-state index contributed by atoms with van der Waals surface area (Å²) in [6.07, 6.45) is 76.8. The van der Waals surface area contributed by atoms with E-state index in [-0.39, 0.29) is 12.5 Å². The van der Waals surface area contributed by atoms with Gasteiger partial charge in [0.25, 0.3) is 0 Å². The summed E-state index contributed by atoms with van der Waals surface area (Å²) in [5.41, 5.74) is 0. The molecule has 0 aliphatic heterocycles. The number of hydrogen-bond acceptors (Lipinski definition) is 3. The van der Waals surface area contributed by atoms with Gasteiger partial charge in [-0.05, 0) is 77.0 Å². The molecule has 0 fully saturated rings. The first kappa shape index (κ1) is 61.1. The van der Waals surface area contributed by atoms with Crippen molar-refractivity contribution < 1.29 is 15.0 Å². The van der Waals surface area contributed by atoms with Crippen molar-refractivity contribution in [1.82, 2.24) is 5.32 Å². The van der Waals surface area contributed by atoms with E-state index in [4.69, 9.17) is 0 Å². The molecule has 2 atom stereocenters. The Kier molecular flexibility index (Phi) is 52.8. The Hall–Kier alpha value is -1.91. The van der Waals surface area contributed by atoms with Gasteiger partial charge in [0.2, 0.25) is 5.91 Å². The molecule has 0 radical (unpaired) electrons. The van der Waals surface area contributed by atoms with Gasteiger partial charge in [0.15, 0.2) is 0 Å². The average molecular weight is 881 g/mol. The van der Waals surface area contributed by atoms with Crippen molar-refractivity contribution >= 4 is 5.91 Å². The average Bonchev–Trinajstić information content (AvgIpc) is 3.29. The van der Waals surface area contributed by atoms with E-state index in [2.05, 4.69) is 67.8 Å². The monoisotopic (exact) mass is 880 g/mol. The summed E-state index contributed by atoms with van der Waals surface area (Å²) in [4.78, 5) is 12.4. The first-order valence-electron chi connectivity index (χ1n) is 28.0. The summed E-state index contributed by atoms with van der Waals surface area (Å²) in [6.45, 7) is 4.29. The highest BCUT2D eigenvalue weighted by atomic mass is 16.3. The summed E-state index contributed by atoms with van der Waals surface area (Å²) in [5, 5.41) is 23.1. The normalized spacial score (nSPS) is 13.3. The lowest BCUT2D eigenvalue weighted by Gasteiger charge is -2.19. The van der Waals surface area contributed by atoms with E-state index in [1.54, 1.807) is 6.08 Å². The van der Waals surface area contributed by atoms with Crippen molar-refractivity contribution in [3.63, 3.8) is 0 Å². The Labute approximate surface area is 394 Å². The second kappa shape index (κ2) is 54.4. The number of rotatable bonds is 51. The van der Waals surface area contributed by atoms with Crippen molar-refractivity contribution in [2.45, 2.75) is 302 Å². The van der Waals surface area contributed by atoms with E-state index >= 15 is 0 Å². The molecule has 63 heavy (non-hydrogen) atoms. The summed E-state index contributed by atoms with van der Waals surface area (Å²) < 4.78 is 0. The molecule has 3 N–H and O–H groups in total. The van der Waals surface area contributed by atoms with Crippen LogP contribution in [0, 0.1) is 0 Å². The third-order valence-corrected chi connectivity index (χ3v) is 12.7. The largest absolute Gasteiger partial charge is 0.394 e. The third kappa shape index (κ3) is 50.9. The maximum Gasteiger partial charge on any atom is 0.220 e. The highest BCUT2D eigenvalue weighted by Crippen LogP contribution is 2.16. The predicted molar refractivity (Wildman–Crippen MR) is 281 cm³/mol. The van der Waals surface area contributed by atoms with Gasteiger partial charge < -0.3 is 15.5 Å². The minimum atomic E-state index is -0.877. The lowest BCUT2D eigenvalue weighted by atomic mass is 10.0. The molecular weight excluding hydrogens is 771 g/mol. The van der Waals surface area contributed by atoms with Gasteiger partial charge >= 0.3 is 0 Å². The van der Waals surface area contributed by atoms with Crippen LogP contribution < -0.4 is 5.32 Å². The van der Waals surface area contributed by atoms with Crippen molar-refractivity contribution in [3.8, 4) is 0 Å². The Balaban J connectivity index is 3.55. The minimum Gasteiger partial charge on any atom is -0.394 e. The fourth-order valence-electron chi connectivity index (χ4n) is 8.42. The SMILES string of the molecule is CCCCCC/C=C\C/C=C\CCCCCCCCCC(=O)NC(CO)C(O)/C=C/CC/C=C/CC/C=C/CCCCCCCCCCCCCCCCCCCCCCCCC. The van der Waals surface area contributed by atoms with Gasteiger partial charge in [-0.1, -0.05) is 267 Å². The maximum atomic E-state index is 12.4. The Morgan fingerprint density at radius 3 is 1.03 bits per heavy atom. The first-order valence-corrected chi connectivity index (χ1v) is 28.0. The fourth-order valence-corrected chi connectivity index (χ4v) is 8.42. The van der Waals surface area contributed by atoms with E-state index in [9.17, 15) is 15.0 Å². The van der Waals surface area contributed by atoms with Crippen LogP contribution >= 0.6 is 0 Å². The van der Waals surface area contributed by atoms with Gasteiger partial charge in [0.1, 0.15) is 0 Å². The van der Waals surface area contributed by atoms with Crippen LogP contribution in [0.25, 0.3) is 0 Å². The second-order valence-electron chi connectivity index (χ2n) is 19.0. The van der Waals surface area contributed by atoms with Crippen molar-refractivity contribution in [2.75, 3.05) is 6.61 Å². The molecule has 0 rings (SSSR count). The molecule has 0 bridgehead atoms. The molecule has 1 amide bonds. The second-order valence-corrected chi connectivity index (χ2v) is 19.0. The summed E-state index contributed by atoms with van der Waals surface area (Å²) in [6, 6.07) is -0.653. The van der Waals surface area contributed by atoms with Gasteiger partial charge in [0.05, 0.1) is 18.8 Å². The molecule has 4 nitrogen and oxygen atoms in total. The highest BCUT2D eigenvalue weighted by Gasteiger charge is 2.18. The van der Waals surface area contributed by atoms with Crippen LogP contribution in [0.4, 0.5) is 0 Å².